The van der Waals surface area contributed by atoms with Crippen LogP contribution in [-0.2, 0) is 6.54 Å². The third-order valence-electron chi connectivity index (χ3n) is 5.75. The lowest BCUT2D eigenvalue weighted by Crippen LogP contribution is -2.44. The third-order valence-corrected chi connectivity index (χ3v) is 5.99. The summed E-state index contributed by atoms with van der Waals surface area (Å²) in [5, 5.41) is 4.48. The van der Waals surface area contributed by atoms with Crippen molar-refractivity contribution in [2.24, 2.45) is 0 Å². The smallest absolute Gasteiger partial charge is 0.0602 e. The predicted octanol–water partition coefficient (Wildman–Crippen LogP) is 5.39. The molecule has 1 atom stereocenters. The van der Waals surface area contributed by atoms with E-state index in [9.17, 15) is 0 Å². The third kappa shape index (κ3) is 5.24. The van der Waals surface area contributed by atoms with Crippen LogP contribution in [0.1, 0.15) is 41.3 Å². The van der Waals surface area contributed by atoms with Crippen LogP contribution in [0.2, 0.25) is 5.02 Å². The largest absolute Gasteiger partial charge is 0.308 e. The summed E-state index contributed by atoms with van der Waals surface area (Å²) in [4.78, 5) is 7.01. The fourth-order valence-electron chi connectivity index (χ4n) is 4.15. The Morgan fingerprint density at radius 3 is 2.48 bits per heavy atom. The molecule has 0 aliphatic carbocycles. The first-order valence-electron chi connectivity index (χ1n) is 10.4. The summed E-state index contributed by atoms with van der Waals surface area (Å²) < 4.78 is 0. The zero-order valence-electron chi connectivity index (χ0n) is 16.9. The number of hydrogen-bond donors (Lipinski definition) is 1. The molecule has 4 rings (SSSR count). The number of nitrogens with zero attached hydrogens (tertiary/aromatic N) is 2. The van der Waals surface area contributed by atoms with Crippen molar-refractivity contribution < 1.29 is 0 Å². The average Bonchev–Trinajstić information content (AvgIpc) is 2.76. The van der Waals surface area contributed by atoms with Gasteiger partial charge in [-0.1, -0.05) is 59.6 Å². The van der Waals surface area contributed by atoms with E-state index < -0.39 is 0 Å². The number of benzene rings is 2. The maximum absolute atomic E-state index is 6.33. The van der Waals surface area contributed by atoms with Crippen molar-refractivity contribution in [1.82, 2.24) is 15.2 Å². The molecular weight excluding hydrogens is 378 g/mol. The molecule has 0 bridgehead atoms. The molecule has 1 aliphatic rings. The lowest BCUT2D eigenvalue weighted by Gasteiger charge is -2.38. The summed E-state index contributed by atoms with van der Waals surface area (Å²) in [6, 6.07) is 24.1. The number of aromatic nitrogens is 1. The summed E-state index contributed by atoms with van der Waals surface area (Å²) in [5.41, 5.74) is 4.99. The normalized spacial score (nSPS) is 16.6. The van der Waals surface area contributed by atoms with Crippen LogP contribution in [0.25, 0.3) is 0 Å². The van der Waals surface area contributed by atoms with Gasteiger partial charge in [-0.25, -0.2) is 0 Å². The monoisotopic (exact) mass is 405 g/mol. The molecule has 3 nitrogen and oxygen atoms in total. The molecule has 0 radical (unpaired) electrons. The van der Waals surface area contributed by atoms with Gasteiger partial charge in [0, 0.05) is 36.9 Å². The molecule has 2 aromatic carbocycles. The van der Waals surface area contributed by atoms with Gasteiger partial charge in [-0.15, -0.1) is 0 Å². The van der Waals surface area contributed by atoms with Crippen LogP contribution >= 0.6 is 11.6 Å². The van der Waals surface area contributed by atoms with E-state index in [1.807, 2.05) is 24.4 Å². The standard InChI is InChI=1S/C25H28ClN3/c1-19-8-10-20(11-9-19)25(21-5-4-6-22(26)17-21)29-15-12-23(13-16-29)28-18-24-7-2-3-14-27-24/h2-11,14,17,23,25,28H,12-13,15-16,18H2,1H3. The molecule has 4 heteroatoms. The Hall–Kier alpha value is -2.20. The molecule has 1 saturated heterocycles. The summed E-state index contributed by atoms with van der Waals surface area (Å²) >= 11 is 6.33. The zero-order valence-corrected chi connectivity index (χ0v) is 17.6. The lowest BCUT2D eigenvalue weighted by atomic mass is 9.93. The first-order valence-corrected chi connectivity index (χ1v) is 10.8. The first-order chi connectivity index (χ1) is 14.2. The van der Waals surface area contributed by atoms with Crippen molar-refractivity contribution in [3.8, 4) is 0 Å². The number of halogens is 1. The number of pyridine rings is 1. The highest BCUT2D eigenvalue weighted by atomic mass is 35.5. The van der Waals surface area contributed by atoms with E-state index in [0.717, 1.165) is 43.2 Å². The van der Waals surface area contributed by atoms with Crippen LogP contribution in [0.4, 0.5) is 0 Å². The van der Waals surface area contributed by atoms with Crippen LogP contribution in [0.3, 0.4) is 0 Å². The quantitative estimate of drug-likeness (QED) is 0.596. The van der Waals surface area contributed by atoms with Crippen molar-refractivity contribution in [2.45, 2.75) is 38.4 Å². The Morgan fingerprint density at radius 2 is 1.79 bits per heavy atom. The number of piperidine rings is 1. The highest BCUT2D eigenvalue weighted by Gasteiger charge is 2.27. The lowest BCUT2D eigenvalue weighted by molar-refractivity contribution is 0.162. The molecule has 1 N–H and O–H groups in total. The van der Waals surface area contributed by atoms with Gasteiger partial charge in [0.1, 0.15) is 0 Å². The molecule has 3 aromatic rings. The molecule has 1 fully saturated rings. The van der Waals surface area contributed by atoms with E-state index in [1.54, 1.807) is 0 Å². The van der Waals surface area contributed by atoms with E-state index >= 15 is 0 Å². The van der Waals surface area contributed by atoms with Gasteiger partial charge in [-0.2, -0.15) is 0 Å². The summed E-state index contributed by atoms with van der Waals surface area (Å²) in [7, 11) is 0. The van der Waals surface area contributed by atoms with Gasteiger partial charge in [0.25, 0.3) is 0 Å². The fraction of sp³-hybridized carbons (Fsp3) is 0.320. The van der Waals surface area contributed by atoms with Crippen molar-refractivity contribution in [3.05, 3.63) is 100 Å². The van der Waals surface area contributed by atoms with Crippen LogP contribution in [0.15, 0.2) is 72.9 Å². The number of aryl methyl sites for hydroxylation is 1. The maximum atomic E-state index is 6.33. The minimum atomic E-state index is 0.242. The predicted molar refractivity (Wildman–Crippen MR) is 120 cm³/mol. The van der Waals surface area contributed by atoms with Crippen molar-refractivity contribution in [1.29, 1.82) is 0 Å². The Labute approximate surface area is 178 Å². The Bertz CT molecular complexity index is 903. The topological polar surface area (TPSA) is 28.2 Å². The minimum absolute atomic E-state index is 0.242. The summed E-state index contributed by atoms with van der Waals surface area (Å²) in [5.74, 6) is 0. The van der Waals surface area contributed by atoms with Crippen molar-refractivity contribution in [2.75, 3.05) is 13.1 Å². The Kier molecular flexibility index (Phi) is 6.60. The van der Waals surface area contributed by atoms with Crippen molar-refractivity contribution >= 4 is 11.6 Å². The zero-order chi connectivity index (χ0) is 20.1. The van der Waals surface area contributed by atoms with Gasteiger partial charge in [0.05, 0.1) is 11.7 Å². The second-order valence-corrected chi connectivity index (χ2v) is 8.32. The molecule has 2 heterocycles. The van der Waals surface area contributed by atoms with Crippen LogP contribution in [0.5, 0.6) is 0 Å². The van der Waals surface area contributed by atoms with E-state index in [2.05, 4.69) is 70.7 Å². The van der Waals surface area contributed by atoms with Gasteiger partial charge in [-0.05, 0) is 55.2 Å². The maximum Gasteiger partial charge on any atom is 0.0602 e. The fourth-order valence-corrected chi connectivity index (χ4v) is 4.35. The van der Waals surface area contributed by atoms with Crippen LogP contribution in [0, 0.1) is 6.92 Å². The minimum Gasteiger partial charge on any atom is -0.308 e. The average molecular weight is 406 g/mol. The molecular formula is C25H28ClN3. The number of hydrogen-bond acceptors (Lipinski definition) is 3. The number of likely N-dealkylation sites (tertiary alicyclic amines) is 1. The van der Waals surface area contributed by atoms with E-state index in [0.29, 0.717) is 6.04 Å². The summed E-state index contributed by atoms with van der Waals surface area (Å²) in [6.45, 7) is 5.09. The number of nitrogens with one attached hydrogen (secondary N) is 1. The van der Waals surface area contributed by atoms with E-state index in [-0.39, 0.29) is 6.04 Å². The van der Waals surface area contributed by atoms with E-state index in [1.165, 1.54) is 16.7 Å². The molecule has 29 heavy (non-hydrogen) atoms. The van der Waals surface area contributed by atoms with E-state index in [4.69, 9.17) is 11.6 Å². The highest BCUT2D eigenvalue weighted by Crippen LogP contribution is 2.32. The molecule has 0 saturated carbocycles. The number of rotatable bonds is 6. The Morgan fingerprint density at radius 1 is 1.00 bits per heavy atom. The second-order valence-electron chi connectivity index (χ2n) is 7.88. The van der Waals surface area contributed by atoms with Crippen LogP contribution < -0.4 is 5.32 Å². The van der Waals surface area contributed by atoms with Crippen LogP contribution in [-0.4, -0.2) is 29.0 Å². The first kappa shape index (κ1) is 20.1. The van der Waals surface area contributed by atoms with Gasteiger partial charge in [0.15, 0.2) is 0 Å². The molecule has 0 spiro atoms. The molecule has 0 amide bonds. The van der Waals surface area contributed by atoms with Gasteiger partial charge < -0.3 is 5.32 Å². The van der Waals surface area contributed by atoms with Gasteiger partial charge >= 0.3 is 0 Å². The molecule has 1 aliphatic heterocycles. The highest BCUT2D eigenvalue weighted by molar-refractivity contribution is 6.30. The SMILES string of the molecule is Cc1ccc(C(c2cccc(Cl)c2)N2CCC(NCc3ccccn3)CC2)cc1. The Balaban J connectivity index is 1.45. The molecule has 150 valence electrons. The molecule has 1 unspecified atom stereocenters. The van der Waals surface area contributed by atoms with Gasteiger partial charge in [0.2, 0.25) is 0 Å². The van der Waals surface area contributed by atoms with Gasteiger partial charge in [-0.3, -0.25) is 9.88 Å². The second kappa shape index (κ2) is 9.53. The summed E-state index contributed by atoms with van der Waals surface area (Å²) in [6.07, 6.45) is 4.13. The van der Waals surface area contributed by atoms with Crippen molar-refractivity contribution in [3.63, 3.8) is 0 Å². The molecule has 1 aromatic heterocycles.